The van der Waals surface area contributed by atoms with Crippen LogP contribution in [0.5, 0.6) is 0 Å². The van der Waals surface area contributed by atoms with Crippen molar-refractivity contribution in [3.63, 3.8) is 0 Å². The summed E-state index contributed by atoms with van der Waals surface area (Å²) in [5.41, 5.74) is 2.53. The summed E-state index contributed by atoms with van der Waals surface area (Å²) in [6, 6.07) is 20.4. The van der Waals surface area contributed by atoms with E-state index in [1.165, 1.54) is 12.1 Å². The van der Waals surface area contributed by atoms with Crippen LogP contribution in [-0.4, -0.2) is 20.8 Å². The molecule has 0 radical (unpaired) electrons. The zero-order chi connectivity index (χ0) is 21.1. The highest BCUT2D eigenvalue weighted by molar-refractivity contribution is 5.95. The van der Waals surface area contributed by atoms with Gasteiger partial charge in [-0.25, -0.2) is 9.37 Å². The molecule has 0 bridgehead atoms. The first-order valence-electron chi connectivity index (χ1n) is 9.58. The van der Waals surface area contributed by atoms with Crippen molar-refractivity contribution in [2.75, 3.05) is 0 Å². The molecule has 4 rings (SSSR count). The molecule has 3 aromatic carbocycles. The van der Waals surface area contributed by atoms with Crippen LogP contribution in [0.3, 0.4) is 0 Å². The number of aromatic nitrogens is 2. The lowest BCUT2D eigenvalue weighted by Crippen LogP contribution is -2.32. The van der Waals surface area contributed by atoms with Crippen LogP contribution in [0.1, 0.15) is 27.3 Å². The number of amides is 1. The average molecular weight is 401 g/mol. The Labute approximate surface area is 172 Å². The molecule has 0 spiro atoms. The molecule has 1 aromatic heterocycles. The van der Waals surface area contributed by atoms with Crippen molar-refractivity contribution in [1.82, 2.24) is 14.9 Å². The van der Waals surface area contributed by atoms with Crippen LogP contribution >= 0.6 is 0 Å². The number of aryl methyl sites for hydroxylation is 1. The second-order valence-electron chi connectivity index (χ2n) is 7.13. The van der Waals surface area contributed by atoms with Crippen molar-refractivity contribution >= 4 is 16.8 Å². The maximum Gasteiger partial charge on any atom is 0.258 e. The number of H-pyrrole nitrogens is 1. The molecule has 0 saturated carbocycles. The fourth-order valence-corrected chi connectivity index (χ4v) is 3.38. The SMILES string of the molecule is Cc1ccccc1C(=O)N(Cc1ccc(F)cc1)Cc1nc2ccccc2c(=O)[nH]1. The summed E-state index contributed by atoms with van der Waals surface area (Å²) in [5.74, 6) is -0.132. The van der Waals surface area contributed by atoms with Crippen LogP contribution in [0, 0.1) is 12.7 Å². The van der Waals surface area contributed by atoms with Crippen LogP contribution in [0.4, 0.5) is 4.39 Å². The molecule has 0 aliphatic heterocycles. The minimum absolute atomic E-state index is 0.116. The van der Waals surface area contributed by atoms with Crippen molar-refractivity contribution in [3.8, 4) is 0 Å². The van der Waals surface area contributed by atoms with Gasteiger partial charge in [0.25, 0.3) is 11.5 Å². The van der Waals surface area contributed by atoms with E-state index in [9.17, 15) is 14.0 Å². The van der Waals surface area contributed by atoms with Gasteiger partial charge in [-0.3, -0.25) is 9.59 Å². The van der Waals surface area contributed by atoms with E-state index < -0.39 is 0 Å². The maximum absolute atomic E-state index is 13.3. The molecule has 150 valence electrons. The fraction of sp³-hybridized carbons (Fsp3) is 0.125. The number of fused-ring (bicyclic) bond motifs is 1. The van der Waals surface area contributed by atoms with Gasteiger partial charge in [0.05, 0.1) is 17.4 Å². The van der Waals surface area contributed by atoms with Crippen LogP contribution in [0.25, 0.3) is 10.9 Å². The molecule has 30 heavy (non-hydrogen) atoms. The predicted molar refractivity (Wildman–Crippen MR) is 114 cm³/mol. The van der Waals surface area contributed by atoms with Gasteiger partial charge in [0.15, 0.2) is 0 Å². The zero-order valence-electron chi connectivity index (χ0n) is 16.4. The molecule has 6 heteroatoms. The van der Waals surface area contributed by atoms with E-state index in [4.69, 9.17) is 0 Å². The number of hydrogen-bond acceptors (Lipinski definition) is 3. The standard InChI is InChI=1S/C24H20FN3O2/c1-16-6-2-3-7-19(16)24(30)28(14-17-10-12-18(25)13-11-17)15-22-26-21-9-5-4-8-20(21)23(29)27-22/h2-13H,14-15H2,1H3,(H,26,27,29). The molecule has 0 aliphatic carbocycles. The predicted octanol–water partition coefficient (Wildman–Crippen LogP) is 4.21. The Balaban J connectivity index is 1.71. The van der Waals surface area contributed by atoms with Gasteiger partial charge in [-0.15, -0.1) is 0 Å². The van der Waals surface area contributed by atoms with Crippen molar-refractivity contribution < 1.29 is 9.18 Å². The van der Waals surface area contributed by atoms with Crippen molar-refractivity contribution in [3.05, 3.63) is 111 Å². The minimum Gasteiger partial charge on any atom is -0.327 e. The number of para-hydroxylation sites is 1. The van der Waals surface area contributed by atoms with Crippen LogP contribution in [0.2, 0.25) is 0 Å². The van der Waals surface area contributed by atoms with Crippen molar-refractivity contribution in [2.24, 2.45) is 0 Å². The molecule has 0 aliphatic rings. The molecule has 5 nitrogen and oxygen atoms in total. The Bertz CT molecular complexity index is 1270. The third kappa shape index (κ3) is 4.12. The monoisotopic (exact) mass is 401 g/mol. The molecule has 1 N–H and O–H groups in total. The van der Waals surface area contributed by atoms with Gasteiger partial charge < -0.3 is 9.88 Å². The molecular formula is C24H20FN3O2. The number of carbonyl (C=O) groups is 1. The van der Waals surface area contributed by atoms with Gasteiger partial charge in [-0.05, 0) is 48.4 Å². The first-order valence-corrected chi connectivity index (χ1v) is 9.58. The molecule has 1 heterocycles. The Hall–Kier alpha value is -3.80. The third-order valence-electron chi connectivity index (χ3n) is 4.95. The summed E-state index contributed by atoms with van der Waals surface area (Å²) in [6.07, 6.45) is 0. The van der Waals surface area contributed by atoms with E-state index >= 15 is 0 Å². The molecule has 0 unspecified atom stereocenters. The number of carbonyl (C=O) groups excluding carboxylic acids is 1. The van der Waals surface area contributed by atoms with E-state index in [1.807, 2.05) is 31.2 Å². The number of hydrogen-bond donors (Lipinski definition) is 1. The Morgan fingerprint density at radius 1 is 0.967 bits per heavy atom. The summed E-state index contributed by atoms with van der Waals surface area (Å²) < 4.78 is 13.3. The second-order valence-corrected chi connectivity index (χ2v) is 7.13. The summed E-state index contributed by atoms with van der Waals surface area (Å²) in [4.78, 5) is 34.6. The summed E-state index contributed by atoms with van der Waals surface area (Å²) in [5, 5.41) is 0.497. The number of rotatable bonds is 5. The van der Waals surface area contributed by atoms with E-state index in [0.29, 0.717) is 22.3 Å². The third-order valence-corrected chi connectivity index (χ3v) is 4.95. The van der Waals surface area contributed by atoms with Gasteiger partial charge in [0, 0.05) is 12.1 Å². The Morgan fingerprint density at radius 2 is 1.67 bits per heavy atom. The topological polar surface area (TPSA) is 66.1 Å². The van der Waals surface area contributed by atoms with Gasteiger partial charge in [0.1, 0.15) is 11.6 Å². The normalized spacial score (nSPS) is 10.9. The lowest BCUT2D eigenvalue weighted by Gasteiger charge is -2.23. The summed E-state index contributed by atoms with van der Waals surface area (Å²) in [7, 11) is 0. The average Bonchev–Trinajstić information content (AvgIpc) is 2.75. The van der Waals surface area contributed by atoms with Crippen LogP contribution < -0.4 is 5.56 Å². The molecule has 4 aromatic rings. The largest absolute Gasteiger partial charge is 0.327 e. The highest BCUT2D eigenvalue weighted by atomic mass is 19.1. The lowest BCUT2D eigenvalue weighted by atomic mass is 10.1. The molecule has 0 fully saturated rings. The maximum atomic E-state index is 13.3. The van der Waals surface area contributed by atoms with Gasteiger partial charge in [-0.2, -0.15) is 0 Å². The second kappa shape index (κ2) is 8.29. The number of benzene rings is 3. The van der Waals surface area contributed by atoms with Gasteiger partial charge >= 0.3 is 0 Å². The van der Waals surface area contributed by atoms with Crippen molar-refractivity contribution in [1.29, 1.82) is 0 Å². The van der Waals surface area contributed by atoms with Crippen LogP contribution in [0.15, 0.2) is 77.6 Å². The highest BCUT2D eigenvalue weighted by Crippen LogP contribution is 2.16. The van der Waals surface area contributed by atoms with Crippen LogP contribution in [-0.2, 0) is 13.1 Å². The Morgan fingerprint density at radius 3 is 2.43 bits per heavy atom. The number of nitrogens with one attached hydrogen (secondary N) is 1. The first kappa shape index (κ1) is 19.5. The fourth-order valence-electron chi connectivity index (χ4n) is 3.38. The van der Waals surface area contributed by atoms with E-state index in [-0.39, 0.29) is 30.4 Å². The first-order chi connectivity index (χ1) is 14.5. The molecule has 1 amide bonds. The summed E-state index contributed by atoms with van der Waals surface area (Å²) in [6.45, 7) is 2.24. The zero-order valence-corrected chi connectivity index (χ0v) is 16.4. The number of nitrogens with zero attached hydrogens (tertiary/aromatic N) is 2. The molecule has 0 saturated heterocycles. The number of halogens is 1. The highest BCUT2D eigenvalue weighted by Gasteiger charge is 2.20. The van der Waals surface area contributed by atoms with Crippen molar-refractivity contribution in [2.45, 2.75) is 20.0 Å². The quantitative estimate of drug-likeness (QED) is 0.545. The van der Waals surface area contributed by atoms with Gasteiger partial charge in [0.2, 0.25) is 0 Å². The number of aromatic amines is 1. The molecule has 0 atom stereocenters. The lowest BCUT2D eigenvalue weighted by molar-refractivity contribution is 0.0724. The molecular weight excluding hydrogens is 381 g/mol. The van der Waals surface area contributed by atoms with E-state index in [1.54, 1.807) is 41.3 Å². The van der Waals surface area contributed by atoms with E-state index in [2.05, 4.69) is 9.97 Å². The smallest absolute Gasteiger partial charge is 0.258 e. The Kier molecular flexibility index (Phi) is 5.39. The summed E-state index contributed by atoms with van der Waals surface area (Å²) >= 11 is 0. The van der Waals surface area contributed by atoms with Gasteiger partial charge in [-0.1, -0.05) is 42.5 Å². The minimum atomic E-state index is -0.337. The van der Waals surface area contributed by atoms with E-state index in [0.717, 1.165) is 11.1 Å².